The average molecular weight is 324 g/mol. The van der Waals surface area contributed by atoms with E-state index >= 15 is 0 Å². The van der Waals surface area contributed by atoms with Crippen LogP contribution in [0.3, 0.4) is 0 Å². The molecule has 0 aliphatic heterocycles. The summed E-state index contributed by atoms with van der Waals surface area (Å²) in [5.41, 5.74) is 1.21. The van der Waals surface area contributed by atoms with Gasteiger partial charge in [0.15, 0.2) is 0 Å². The Bertz CT molecular complexity index is 513. The second-order valence-electron chi connectivity index (χ2n) is 4.29. The van der Waals surface area contributed by atoms with Crippen LogP contribution in [-0.4, -0.2) is 17.1 Å². The zero-order chi connectivity index (χ0) is 13.7. The van der Waals surface area contributed by atoms with Crippen molar-refractivity contribution in [3.63, 3.8) is 0 Å². The number of ether oxygens (including phenoxy) is 1. The number of rotatable bonds is 6. The van der Waals surface area contributed by atoms with Crippen LogP contribution in [0.5, 0.6) is 5.75 Å². The quantitative estimate of drug-likeness (QED) is 0.856. The van der Waals surface area contributed by atoms with Gasteiger partial charge < -0.3 is 15.0 Å². The van der Waals surface area contributed by atoms with Gasteiger partial charge in [-0.2, -0.15) is 0 Å². The van der Waals surface area contributed by atoms with Gasteiger partial charge in [-0.25, -0.2) is 4.98 Å². The largest absolute Gasteiger partial charge is 0.496 e. The predicted octanol–water partition coefficient (Wildman–Crippen LogP) is 3.42. The molecule has 0 aliphatic carbocycles. The second-order valence-corrected chi connectivity index (χ2v) is 5.14. The third-order valence-electron chi connectivity index (χ3n) is 3.03. The van der Waals surface area contributed by atoms with E-state index in [2.05, 4.69) is 50.3 Å². The standard InChI is InChI=1S/C14H18BrN3O/c1-3-12(14-16-6-7-17-14)18-9-10-4-5-13(19-2)11(15)8-10/h4-8,12,18H,3,9H2,1-2H3,(H,16,17). The number of nitrogens with zero attached hydrogens (tertiary/aromatic N) is 1. The van der Waals surface area contributed by atoms with Gasteiger partial charge in [-0.15, -0.1) is 0 Å². The molecule has 102 valence electrons. The lowest BCUT2D eigenvalue weighted by atomic mass is 10.1. The van der Waals surface area contributed by atoms with E-state index in [1.54, 1.807) is 13.3 Å². The van der Waals surface area contributed by atoms with E-state index in [-0.39, 0.29) is 6.04 Å². The predicted molar refractivity (Wildman–Crippen MR) is 79.2 cm³/mol. The van der Waals surface area contributed by atoms with Crippen molar-refractivity contribution >= 4 is 15.9 Å². The minimum Gasteiger partial charge on any atom is -0.496 e. The molecule has 0 radical (unpaired) electrons. The number of hydrogen-bond donors (Lipinski definition) is 2. The fraction of sp³-hybridized carbons (Fsp3) is 0.357. The maximum absolute atomic E-state index is 5.22. The number of imidazole rings is 1. The minimum absolute atomic E-state index is 0.246. The van der Waals surface area contributed by atoms with Gasteiger partial charge >= 0.3 is 0 Å². The van der Waals surface area contributed by atoms with Crippen molar-refractivity contribution in [1.29, 1.82) is 0 Å². The van der Waals surface area contributed by atoms with Crippen molar-refractivity contribution in [2.24, 2.45) is 0 Å². The van der Waals surface area contributed by atoms with Gasteiger partial charge in [-0.3, -0.25) is 0 Å². The molecule has 0 spiro atoms. The normalized spacial score (nSPS) is 12.4. The molecular formula is C14H18BrN3O. The maximum atomic E-state index is 5.22. The fourth-order valence-electron chi connectivity index (χ4n) is 1.96. The van der Waals surface area contributed by atoms with Crippen molar-refractivity contribution < 1.29 is 4.74 Å². The average Bonchev–Trinajstić information content (AvgIpc) is 2.94. The summed E-state index contributed by atoms with van der Waals surface area (Å²) in [6.07, 6.45) is 4.62. The Labute approximate surface area is 121 Å². The highest BCUT2D eigenvalue weighted by atomic mass is 79.9. The maximum Gasteiger partial charge on any atom is 0.133 e. The molecule has 0 saturated heterocycles. The molecular weight excluding hydrogens is 306 g/mol. The van der Waals surface area contributed by atoms with Crippen molar-refractivity contribution in [3.05, 3.63) is 46.5 Å². The lowest BCUT2D eigenvalue weighted by molar-refractivity contribution is 0.411. The number of halogens is 1. The molecule has 0 aliphatic rings. The summed E-state index contributed by atoms with van der Waals surface area (Å²) < 4.78 is 6.20. The van der Waals surface area contributed by atoms with E-state index in [1.165, 1.54) is 5.56 Å². The Morgan fingerprint density at radius 2 is 2.32 bits per heavy atom. The van der Waals surface area contributed by atoms with Crippen molar-refractivity contribution in [2.75, 3.05) is 7.11 Å². The summed E-state index contributed by atoms with van der Waals surface area (Å²) in [5, 5.41) is 3.50. The van der Waals surface area contributed by atoms with E-state index in [9.17, 15) is 0 Å². The number of aromatic amines is 1. The summed E-state index contributed by atoms with van der Waals surface area (Å²) in [4.78, 5) is 7.45. The molecule has 2 N–H and O–H groups in total. The summed E-state index contributed by atoms with van der Waals surface area (Å²) in [5.74, 6) is 1.83. The van der Waals surface area contributed by atoms with Crippen LogP contribution in [0.15, 0.2) is 35.1 Å². The molecule has 1 aromatic heterocycles. The number of benzene rings is 1. The third-order valence-corrected chi connectivity index (χ3v) is 3.65. The van der Waals surface area contributed by atoms with E-state index < -0.39 is 0 Å². The van der Waals surface area contributed by atoms with Gasteiger partial charge in [-0.05, 0) is 40.0 Å². The molecule has 1 unspecified atom stereocenters. The first-order valence-electron chi connectivity index (χ1n) is 6.29. The molecule has 0 saturated carbocycles. The van der Waals surface area contributed by atoms with Crippen LogP contribution in [-0.2, 0) is 6.54 Å². The molecule has 0 amide bonds. The zero-order valence-electron chi connectivity index (χ0n) is 11.1. The number of H-pyrrole nitrogens is 1. The van der Waals surface area contributed by atoms with Crippen LogP contribution in [0.4, 0.5) is 0 Å². The Kier molecular flexibility index (Phi) is 4.99. The molecule has 5 heteroatoms. The van der Waals surface area contributed by atoms with Gasteiger partial charge in [-0.1, -0.05) is 13.0 Å². The topological polar surface area (TPSA) is 49.9 Å². The van der Waals surface area contributed by atoms with E-state index in [1.807, 2.05) is 12.3 Å². The van der Waals surface area contributed by atoms with Crippen LogP contribution < -0.4 is 10.1 Å². The van der Waals surface area contributed by atoms with Crippen LogP contribution in [0, 0.1) is 0 Å². The highest BCUT2D eigenvalue weighted by Gasteiger charge is 2.11. The van der Waals surface area contributed by atoms with Crippen molar-refractivity contribution in [2.45, 2.75) is 25.9 Å². The summed E-state index contributed by atoms with van der Waals surface area (Å²) >= 11 is 3.50. The van der Waals surface area contributed by atoms with E-state index in [0.29, 0.717) is 0 Å². The molecule has 0 fully saturated rings. The zero-order valence-corrected chi connectivity index (χ0v) is 12.7. The number of methoxy groups -OCH3 is 1. The lowest BCUT2D eigenvalue weighted by Crippen LogP contribution is -2.21. The Morgan fingerprint density at radius 3 is 2.89 bits per heavy atom. The number of aromatic nitrogens is 2. The summed E-state index contributed by atoms with van der Waals surface area (Å²) in [6, 6.07) is 6.34. The van der Waals surface area contributed by atoms with Crippen LogP contribution in [0.1, 0.15) is 30.8 Å². The molecule has 2 aromatic rings. The van der Waals surface area contributed by atoms with Crippen LogP contribution in [0.25, 0.3) is 0 Å². The smallest absolute Gasteiger partial charge is 0.133 e. The van der Waals surface area contributed by atoms with Crippen LogP contribution >= 0.6 is 15.9 Å². The Balaban J connectivity index is 1.99. The van der Waals surface area contributed by atoms with Crippen molar-refractivity contribution in [1.82, 2.24) is 15.3 Å². The molecule has 4 nitrogen and oxygen atoms in total. The Hall–Kier alpha value is -1.33. The van der Waals surface area contributed by atoms with E-state index in [4.69, 9.17) is 4.74 Å². The first kappa shape index (κ1) is 14.1. The highest BCUT2D eigenvalue weighted by molar-refractivity contribution is 9.10. The molecule has 2 rings (SSSR count). The molecule has 19 heavy (non-hydrogen) atoms. The Morgan fingerprint density at radius 1 is 1.47 bits per heavy atom. The molecule has 1 aromatic carbocycles. The van der Waals surface area contributed by atoms with Crippen molar-refractivity contribution in [3.8, 4) is 5.75 Å². The minimum atomic E-state index is 0.246. The first-order chi connectivity index (χ1) is 9.24. The highest BCUT2D eigenvalue weighted by Crippen LogP contribution is 2.25. The van der Waals surface area contributed by atoms with Gasteiger partial charge in [0.25, 0.3) is 0 Å². The monoisotopic (exact) mass is 323 g/mol. The fourth-order valence-corrected chi connectivity index (χ4v) is 2.55. The number of nitrogens with one attached hydrogen (secondary N) is 2. The summed E-state index contributed by atoms with van der Waals surface area (Å²) in [6.45, 7) is 2.94. The first-order valence-corrected chi connectivity index (χ1v) is 7.09. The van der Waals surface area contributed by atoms with E-state index in [0.717, 1.165) is 29.0 Å². The van der Waals surface area contributed by atoms with Gasteiger partial charge in [0, 0.05) is 18.9 Å². The molecule has 1 atom stereocenters. The molecule has 1 heterocycles. The molecule has 0 bridgehead atoms. The third kappa shape index (κ3) is 3.58. The summed E-state index contributed by atoms with van der Waals surface area (Å²) in [7, 11) is 1.67. The SMILES string of the molecule is CCC(NCc1ccc(OC)c(Br)c1)c1ncc[nH]1. The van der Waals surface area contributed by atoms with Crippen LogP contribution in [0.2, 0.25) is 0 Å². The lowest BCUT2D eigenvalue weighted by Gasteiger charge is -2.15. The number of hydrogen-bond acceptors (Lipinski definition) is 3. The van der Waals surface area contributed by atoms with Gasteiger partial charge in [0.1, 0.15) is 11.6 Å². The second kappa shape index (κ2) is 6.73. The van der Waals surface area contributed by atoms with Gasteiger partial charge in [0.05, 0.1) is 17.6 Å². The van der Waals surface area contributed by atoms with Gasteiger partial charge in [0.2, 0.25) is 0 Å².